The summed E-state index contributed by atoms with van der Waals surface area (Å²) in [7, 11) is 1.57. The topological polar surface area (TPSA) is 67.9 Å². The van der Waals surface area contributed by atoms with Crippen molar-refractivity contribution in [3.63, 3.8) is 0 Å². The van der Waals surface area contributed by atoms with Crippen LogP contribution in [0.3, 0.4) is 0 Å². The second kappa shape index (κ2) is 7.31. The lowest BCUT2D eigenvalue weighted by Crippen LogP contribution is -2.32. The van der Waals surface area contributed by atoms with Crippen molar-refractivity contribution < 1.29 is 19.1 Å². The maximum Gasteiger partial charge on any atom is 0.231 e. The summed E-state index contributed by atoms with van der Waals surface area (Å²) in [4.78, 5) is 26.4. The van der Waals surface area contributed by atoms with Crippen molar-refractivity contribution in [1.29, 1.82) is 0 Å². The van der Waals surface area contributed by atoms with E-state index >= 15 is 0 Å². The number of hydrogen-bond donors (Lipinski definition) is 1. The van der Waals surface area contributed by atoms with Crippen molar-refractivity contribution in [1.82, 2.24) is 0 Å². The minimum absolute atomic E-state index is 0.0865. The maximum atomic E-state index is 12.7. The van der Waals surface area contributed by atoms with Crippen molar-refractivity contribution in [3.05, 3.63) is 48.0 Å². The zero-order chi connectivity index (χ0) is 18.8. The van der Waals surface area contributed by atoms with Gasteiger partial charge in [0.2, 0.25) is 11.8 Å². The molecule has 2 amide bonds. The first-order valence-corrected chi connectivity index (χ1v) is 9.15. The normalized spacial score (nSPS) is 18.6. The maximum absolute atomic E-state index is 12.7. The standard InChI is InChI=1S/C21H22N2O4/c1-26-19-12-16(8-9-17(19)23-10-4-7-20(23)24)22-21(25)15-11-14-5-2-3-6-18(14)27-13-15/h2-3,5-6,8-9,12,15H,4,7,10-11,13H2,1H3,(H,22,25). The zero-order valence-corrected chi connectivity index (χ0v) is 15.2. The molecule has 0 bridgehead atoms. The lowest BCUT2D eigenvalue weighted by molar-refractivity contribution is -0.121. The number of nitrogens with zero attached hydrogens (tertiary/aromatic N) is 1. The van der Waals surface area contributed by atoms with Crippen LogP contribution in [0.5, 0.6) is 11.5 Å². The van der Waals surface area contributed by atoms with E-state index in [2.05, 4.69) is 5.32 Å². The summed E-state index contributed by atoms with van der Waals surface area (Å²) >= 11 is 0. The molecule has 6 heteroatoms. The first-order chi connectivity index (χ1) is 13.2. The Morgan fingerprint density at radius 3 is 2.89 bits per heavy atom. The molecule has 2 aromatic rings. The third-order valence-corrected chi connectivity index (χ3v) is 5.06. The number of para-hydroxylation sites is 1. The number of ether oxygens (including phenoxy) is 2. The van der Waals surface area contributed by atoms with Gasteiger partial charge in [-0.1, -0.05) is 18.2 Å². The van der Waals surface area contributed by atoms with E-state index in [1.54, 1.807) is 24.1 Å². The fourth-order valence-electron chi connectivity index (χ4n) is 3.62. The molecule has 2 aliphatic heterocycles. The van der Waals surface area contributed by atoms with Gasteiger partial charge >= 0.3 is 0 Å². The smallest absolute Gasteiger partial charge is 0.231 e. The van der Waals surface area contributed by atoms with E-state index in [1.165, 1.54) is 0 Å². The van der Waals surface area contributed by atoms with Gasteiger partial charge < -0.3 is 19.7 Å². The Bertz CT molecular complexity index is 880. The summed E-state index contributed by atoms with van der Waals surface area (Å²) in [5, 5.41) is 2.94. The van der Waals surface area contributed by atoms with Crippen LogP contribution in [0.25, 0.3) is 0 Å². The van der Waals surface area contributed by atoms with Gasteiger partial charge in [-0.25, -0.2) is 0 Å². The van der Waals surface area contributed by atoms with Crippen LogP contribution in [-0.2, 0) is 16.0 Å². The fourth-order valence-corrected chi connectivity index (χ4v) is 3.62. The van der Waals surface area contributed by atoms with Gasteiger partial charge in [-0.2, -0.15) is 0 Å². The van der Waals surface area contributed by atoms with Crippen LogP contribution in [0.1, 0.15) is 18.4 Å². The number of rotatable bonds is 4. The monoisotopic (exact) mass is 366 g/mol. The molecule has 2 aliphatic rings. The minimum atomic E-state index is -0.245. The molecule has 0 aromatic heterocycles. The Morgan fingerprint density at radius 2 is 2.11 bits per heavy atom. The largest absolute Gasteiger partial charge is 0.494 e. The van der Waals surface area contributed by atoms with Crippen LogP contribution in [-0.4, -0.2) is 32.1 Å². The van der Waals surface area contributed by atoms with Crippen LogP contribution in [0.2, 0.25) is 0 Å². The van der Waals surface area contributed by atoms with Crippen molar-refractivity contribution in [2.75, 3.05) is 30.5 Å². The van der Waals surface area contributed by atoms with E-state index in [4.69, 9.17) is 9.47 Å². The van der Waals surface area contributed by atoms with Crippen LogP contribution in [0, 0.1) is 5.92 Å². The number of nitrogens with one attached hydrogen (secondary N) is 1. The molecule has 1 N–H and O–H groups in total. The molecule has 1 atom stereocenters. The highest BCUT2D eigenvalue weighted by Gasteiger charge is 2.27. The summed E-state index contributed by atoms with van der Waals surface area (Å²) in [5.74, 6) is 1.20. The predicted molar refractivity (Wildman–Crippen MR) is 102 cm³/mol. The van der Waals surface area contributed by atoms with Gasteiger partial charge in [0.15, 0.2) is 0 Å². The van der Waals surface area contributed by atoms with Gasteiger partial charge in [0.25, 0.3) is 0 Å². The number of carbonyl (C=O) groups is 2. The summed E-state index contributed by atoms with van der Waals surface area (Å²) in [6.07, 6.45) is 2.06. The highest BCUT2D eigenvalue weighted by atomic mass is 16.5. The van der Waals surface area contributed by atoms with Crippen molar-refractivity contribution in [2.24, 2.45) is 5.92 Å². The Balaban J connectivity index is 1.48. The number of amides is 2. The van der Waals surface area contributed by atoms with Crippen LogP contribution < -0.4 is 19.7 Å². The van der Waals surface area contributed by atoms with Crippen LogP contribution in [0.4, 0.5) is 11.4 Å². The quantitative estimate of drug-likeness (QED) is 0.903. The number of methoxy groups -OCH3 is 1. The van der Waals surface area contributed by atoms with Gasteiger partial charge in [0.1, 0.15) is 18.1 Å². The van der Waals surface area contributed by atoms with Gasteiger partial charge in [-0.05, 0) is 36.6 Å². The molecule has 0 saturated carbocycles. The summed E-state index contributed by atoms with van der Waals surface area (Å²) in [6, 6.07) is 13.2. The average Bonchev–Trinajstić information content (AvgIpc) is 3.13. The highest BCUT2D eigenvalue weighted by Crippen LogP contribution is 2.34. The second-order valence-electron chi connectivity index (χ2n) is 6.84. The third kappa shape index (κ3) is 3.47. The van der Waals surface area contributed by atoms with E-state index in [0.717, 1.165) is 23.4 Å². The van der Waals surface area contributed by atoms with Crippen molar-refractivity contribution in [2.45, 2.75) is 19.3 Å². The number of anilines is 2. The van der Waals surface area contributed by atoms with E-state index < -0.39 is 0 Å². The Kier molecular flexibility index (Phi) is 4.71. The lowest BCUT2D eigenvalue weighted by atomic mass is 9.96. The predicted octanol–water partition coefficient (Wildman–Crippen LogP) is 3.01. The summed E-state index contributed by atoms with van der Waals surface area (Å²) in [5.41, 5.74) is 2.43. The molecule has 0 radical (unpaired) electrons. The van der Waals surface area contributed by atoms with Gasteiger partial charge in [-0.15, -0.1) is 0 Å². The molecule has 1 unspecified atom stereocenters. The summed E-state index contributed by atoms with van der Waals surface area (Å²) < 4.78 is 11.2. The lowest BCUT2D eigenvalue weighted by Gasteiger charge is -2.25. The number of hydrogen-bond acceptors (Lipinski definition) is 4. The van der Waals surface area contributed by atoms with Gasteiger partial charge in [-0.3, -0.25) is 9.59 Å². The Labute approximate surface area is 158 Å². The second-order valence-corrected chi connectivity index (χ2v) is 6.84. The van der Waals surface area contributed by atoms with Crippen molar-refractivity contribution >= 4 is 23.2 Å². The molecule has 1 saturated heterocycles. The third-order valence-electron chi connectivity index (χ3n) is 5.06. The van der Waals surface area contributed by atoms with Gasteiger partial charge in [0.05, 0.1) is 18.7 Å². The van der Waals surface area contributed by atoms with E-state index in [9.17, 15) is 9.59 Å². The molecule has 6 nitrogen and oxygen atoms in total. The highest BCUT2D eigenvalue weighted by molar-refractivity contribution is 5.98. The average molecular weight is 366 g/mol. The number of carbonyl (C=O) groups excluding carboxylic acids is 2. The van der Waals surface area contributed by atoms with E-state index in [1.807, 2.05) is 30.3 Å². The van der Waals surface area contributed by atoms with Gasteiger partial charge in [0, 0.05) is 24.7 Å². The van der Waals surface area contributed by atoms with Crippen LogP contribution >= 0.6 is 0 Å². The van der Waals surface area contributed by atoms with E-state index in [0.29, 0.717) is 37.4 Å². The molecule has 0 spiro atoms. The molecule has 0 aliphatic carbocycles. The molecule has 1 fully saturated rings. The first kappa shape index (κ1) is 17.4. The molecule has 4 rings (SSSR count). The SMILES string of the molecule is COc1cc(NC(=O)C2COc3ccccc3C2)ccc1N1CCCC1=O. The van der Waals surface area contributed by atoms with E-state index in [-0.39, 0.29) is 17.7 Å². The molecule has 140 valence electrons. The number of benzene rings is 2. The molecular formula is C21H22N2O4. The molecular weight excluding hydrogens is 344 g/mol. The fraction of sp³-hybridized carbons (Fsp3) is 0.333. The number of fused-ring (bicyclic) bond motifs is 1. The minimum Gasteiger partial charge on any atom is -0.494 e. The molecule has 27 heavy (non-hydrogen) atoms. The molecule has 2 aromatic carbocycles. The van der Waals surface area contributed by atoms with Crippen molar-refractivity contribution in [3.8, 4) is 11.5 Å². The molecule has 2 heterocycles. The first-order valence-electron chi connectivity index (χ1n) is 9.15. The zero-order valence-electron chi connectivity index (χ0n) is 15.2. The van der Waals surface area contributed by atoms with Crippen LogP contribution in [0.15, 0.2) is 42.5 Å². The Hall–Kier alpha value is -3.02. The Morgan fingerprint density at radius 1 is 1.26 bits per heavy atom. The summed E-state index contributed by atoms with van der Waals surface area (Å²) in [6.45, 7) is 1.06.